The monoisotopic (exact) mass is 307 g/mol. The first kappa shape index (κ1) is 13.7. The number of aromatic nitrogens is 1. The van der Waals surface area contributed by atoms with Gasteiger partial charge in [0.2, 0.25) is 0 Å². The van der Waals surface area contributed by atoms with Crippen molar-refractivity contribution in [1.29, 1.82) is 0 Å². The molecule has 5 nitrogen and oxygen atoms in total. The number of carboxylic acids is 1. The summed E-state index contributed by atoms with van der Waals surface area (Å²) < 4.78 is 18.9. The molecule has 17 heavy (non-hydrogen) atoms. The summed E-state index contributed by atoms with van der Waals surface area (Å²) in [6.45, 7) is 4.95. The van der Waals surface area contributed by atoms with Gasteiger partial charge in [-0.15, -0.1) is 0 Å². The topological polar surface area (TPSA) is 68.5 Å². The number of halogens is 2. The van der Waals surface area contributed by atoms with Crippen LogP contribution in [0, 0.1) is 5.82 Å². The highest BCUT2D eigenvalue weighted by molar-refractivity contribution is 9.10. The summed E-state index contributed by atoms with van der Waals surface area (Å²) in [6.07, 6.45) is 0.0197. The molecule has 1 N–H and O–H groups in total. The van der Waals surface area contributed by atoms with Crippen LogP contribution in [-0.4, -0.2) is 27.3 Å². The van der Waals surface area contributed by atoms with E-state index >= 15 is 0 Å². The van der Waals surface area contributed by atoms with Gasteiger partial charge in [0.25, 0.3) is 0 Å². The van der Waals surface area contributed by atoms with Crippen molar-refractivity contribution in [3.05, 3.63) is 22.2 Å². The van der Waals surface area contributed by atoms with Crippen LogP contribution >= 0.6 is 15.9 Å². The molecule has 0 fully saturated rings. The maximum absolute atomic E-state index is 13.4. The number of aromatic carboxylic acids is 1. The molecule has 0 saturated carbocycles. The SMILES string of the molecule is CC(C)(C)OC(=O)n1cc(C(=O)O)c(F)c1Br. The first-order valence-electron chi connectivity index (χ1n) is 4.66. The summed E-state index contributed by atoms with van der Waals surface area (Å²) in [7, 11) is 0. The molecular formula is C10H11BrFNO4. The van der Waals surface area contributed by atoms with Crippen molar-refractivity contribution in [1.82, 2.24) is 4.57 Å². The molecule has 0 aliphatic heterocycles. The second kappa shape index (κ2) is 4.48. The first-order chi connectivity index (χ1) is 7.63. The molecule has 1 heterocycles. The van der Waals surface area contributed by atoms with Gasteiger partial charge in [-0.25, -0.2) is 18.5 Å². The zero-order valence-corrected chi connectivity index (χ0v) is 11.0. The van der Waals surface area contributed by atoms with E-state index in [2.05, 4.69) is 15.9 Å². The molecular weight excluding hydrogens is 297 g/mol. The van der Waals surface area contributed by atoms with Crippen LogP contribution in [0.15, 0.2) is 10.8 Å². The van der Waals surface area contributed by atoms with Gasteiger partial charge in [0.15, 0.2) is 5.82 Å². The third-order valence-electron chi connectivity index (χ3n) is 1.71. The van der Waals surface area contributed by atoms with Gasteiger partial charge in [0.05, 0.1) is 0 Å². The zero-order valence-electron chi connectivity index (χ0n) is 9.45. The number of carbonyl (C=O) groups excluding carboxylic acids is 1. The predicted molar refractivity (Wildman–Crippen MR) is 60.7 cm³/mol. The predicted octanol–water partition coefficient (Wildman–Crippen LogP) is 2.87. The molecule has 0 spiro atoms. The Morgan fingerprint density at radius 2 is 2.00 bits per heavy atom. The van der Waals surface area contributed by atoms with Crippen molar-refractivity contribution in [2.75, 3.05) is 0 Å². The molecule has 0 aliphatic rings. The van der Waals surface area contributed by atoms with E-state index < -0.39 is 29.0 Å². The highest BCUT2D eigenvalue weighted by Gasteiger charge is 2.25. The van der Waals surface area contributed by atoms with Crippen LogP contribution in [0.3, 0.4) is 0 Å². The Hall–Kier alpha value is -1.37. The minimum atomic E-state index is -1.45. The minimum Gasteiger partial charge on any atom is -0.478 e. The summed E-state index contributed by atoms with van der Waals surface area (Å²) in [5.41, 5.74) is -1.34. The molecule has 7 heteroatoms. The number of rotatable bonds is 1. The van der Waals surface area contributed by atoms with Crippen molar-refractivity contribution in [3.8, 4) is 0 Å². The Kier molecular flexibility index (Phi) is 3.61. The van der Waals surface area contributed by atoms with Crippen LogP contribution < -0.4 is 0 Å². The van der Waals surface area contributed by atoms with E-state index in [0.29, 0.717) is 0 Å². The lowest BCUT2D eigenvalue weighted by molar-refractivity contribution is 0.0532. The third-order valence-corrected chi connectivity index (χ3v) is 2.44. The van der Waals surface area contributed by atoms with Gasteiger partial charge in [-0.3, -0.25) is 0 Å². The van der Waals surface area contributed by atoms with Gasteiger partial charge in [0, 0.05) is 6.20 Å². The Labute approximate surface area is 105 Å². The smallest absolute Gasteiger partial charge is 0.419 e. The van der Waals surface area contributed by atoms with E-state index in [-0.39, 0.29) is 4.60 Å². The molecule has 0 atom stereocenters. The number of carboxylic acid groups (broad SMARTS) is 1. The van der Waals surface area contributed by atoms with E-state index in [9.17, 15) is 14.0 Å². The second-order valence-electron chi connectivity index (χ2n) is 4.30. The number of ether oxygens (including phenoxy) is 1. The van der Waals surface area contributed by atoms with Gasteiger partial charge in [-0.2, -0.15) is 0 Å². The van der Waals surface area contributed by atoms with Crippen LogP contribution in [0.1, 0.15) is 31.1 Å². The summed E-state index contributed by atoms with van der Waals surface area (Å²) in [4.78, 5) is 22.3. The molecule has 0 unspecified atom stereocenters. The zero-order chi connectivity index (χ0) is 13.4. The molecule has 0 aliphatic carbocycles. The van der Waals surface area contributed by atoms with Crippen molar-refractivity contribution in [2.24, 2.45) is 0 Å². The lowest BCUT2D eigenvalue weighted by atomic mass is 10.2. The fourth-order valence-corrected chi connectivity index (χ4v) is 1.51. The summed E-state index contributed by atoms with van der Waals surface area (Å²) in [5.74, 6) is -2.46. The highest BCUT2D eigenvalue weighted by Crippen LogP contribution is 2.23. The minimum absolute atomic E-state index is 0.274. The van der Waals surface area contributed by atoms with E-state index in [1.165, 1.54) is 0 Å². The van der Waals surface area contributed by atoms with Gasteiger partial charge in [-0.1, -0.05) is 0 Å². The van der Waals surface area contributed by atoms with E-state index in [1.54, 1.807) is 20.8 Å². The van der Waals surface area contributed by atoms with Crippen molar-refractivity contribution >= 4 is 28.0 Å². The Morgan fingerprint density at radius 3 is 2.35 bits per heavy atom. The van der Waals surface area contributed by atoms with Crippen molar-refractivity contribution < 1.29 is 23.8 Å². The Bertz CT molecular complexity index is 475. The normalized spacial score (nSPS) is 11.4. The lowest BCUT2D eigenvalue weighted by Crippen LogP contribution is -2.27. The molecule has 0 bridgehead atoms. The number of nitrogens with zero attached hydrogens (tertiary/aromatic N) is 1. The summed E-state index contributed by atoms with van der Waals surface area (Å²) >= 11 is 2.80. The fourth-order valence-electron chi connectivity index (χ4n) is 1.05. The molecule has 94 valence electrons. The van der Waals surface area contributed by atoms with Gasteiger partial charge >= 0.3 is 12.1 Å². The molecule has 1 rings (SSSR count). The maximum Gasteiger partial charge on any atom is 0.419 e. The second-order valence-corrected chi connectivity index (χ2v) is 5.05. The number of hydrogen-bond acceptors (Lipinski definition) is 3. The fraction of sp³-hybridized carbons (Fsp3) is 0.400. The molecule has 0 radical (unpaired) electrons. The largest absolute Gasteiger partial charge is 0.478 e. The molecule has 1 aromatic heterocycles. The average molecular weight is 308 g/mol. The Balaban J connectivity index is 3.12. The van der Waals surface area contributed by atoms with Crippen molar-refractivity contribution in [2.45, 2.75) is 26.4 Å². The number of carbonyl (C=O) groups is 2. The summed E-state index contributed by atoms with van der Waals surface area (Å²) in [5, 5.41) is 8.69. The molecule has 1 aromatic rings. The standard InChI is InChI=1S/C10H11BrFNO4/c1-10(2,3)17-9(16)13-4-5(8(14)15)6(12)7(13)11/h4H,1-3H3,(H,14,15). The highest BCUT2D eigenvalue weighted by atomic mass is 79.9. The van der Waals surface area contributed by atoms with Crippen LogP contribution in [0.4, 0.5) is 9.18 Å². The van der Waals surface area contributed by atoms with Crippen LogP contribution in [-0.2, 0) is 4.74 Å². The van der Waals surface area contributed by atoms with Crippen molar-refractivity contribution in [3.63, 3.8) is 0 Å². The van der Waals surface area contributed by atoms with Crippen LogP contribution in [0.2, 0.25) is 0 Å². The van der Waals surface area contributed by atoms with Gasteiger partial charge < -0.3 is 9.84 Å². The van der Waals surface area contributed by atoms with Gasteiger partial charge in [-0.05, 0) is 36.7 Å². The summed E-state index contributed by atoms with van der Waals surface area (Å²) in [6, 6.07) is 0. The lowest BCUT2D eigenvalue weighted by Gasteiger charge is -2.19. The Morgan fingerprint density at radius 1 is 1.47 bits per heavy atom. The van der Waals surface area contributed by atoms with E-state index in [4.69, 9.17) is 9.84 Å². The maximum atomic E-state index is 13.4. The molecule has 0 aromatic carbocycles. The van der Waals surface area contributed by atoms with Gasteiger partial charge in [0.1, 0.15) is 15.8 Å². The molecule has 0 amide bonds. The van der Waals surface area contributed by atoms with E-state index in [1.807, 2.05) is 0 Å². The van der Waals surface area contributed by atoms with Crippen LogP contribution in [0.5, 0.6) is 0 Å². The van der Waals surface area contributed by atoms with E-state index in [0.717, 1.165) is 10.8 Å². The van der Waals surface area contributed by atoms with Crippen LogP contribution in [0.25, 0.3) is 0 Å². The quantitative estimate of drug-likeness (QED) is 0.866. The third kappa shape index (κ3) is 3.06. The first-order valence-corrected chi connectivity index (χ1v) is 5.46. The molecule has 0 saturated heterocycles. The average Bonchev–Trinajstić information content (AvgIpc) is 2.41. The number of hydrogen-bond donors (Lipinski definition) is 1.